The topological polar surface area (TPSA) is 186 Å². The van der Waals surface area contributed by atoms with Crippen LogP contribution in [0.5, 0.6) is 0 Å². The Morgan fingerprint density at radius 2 is 1.06 bits per heavy atom. The van der Waals surface area contributed by atoms with Crippen molar-refractivity contribution in [2.24, 2.45) is 0 Å². The molecule has 0 bridgehead atoms. The van der Waals surface area contributed by atoms with Gasteiger partial charge in [0.15, 0.2) is 12.4 Å². The normalized spacial score (nSPS) is 21.2. The molecule has 6 atom stereocenters. The van der Waals surface area contributed by atoms with Crippen LogP contribution < -0.4 is 0 Å². The summed E-state index contributed by atoms with van der Waals surface area (Å²) in [5, 5.41) is 30.8. The summed E-state index contributed by atoms with van der Waals surface area (Å²) in [5.41, 5.74) is 0. The molecule has 316 valence electrons. The van der Waals surface area contributed by atoms with Crippen molar-refractivity contribution in [3.63, 3.8) is 0 Å². The van der Waals surface area contributed by atoms with Crippen molar-refractivity contribution >= 4 is 22.1 Å². The van der Waals surface area contributed by atoms with Gasteiger partial charge >= 0.3 is 11.9 Å². The molecule has 6 unspecified atom stereocenters. The van der Waals surface area contributed by atoms with Crippen LogP contribution in [0.4, 0.5) is 0 Å². The van der Waals surface area contributed by atoms with E-state index in [4.69, 9.17) is 18.9 Å². The molecular formula is C41H74O12S. The predicted molar refractivity (Wildman–Crippen MR) is 210 cm³/mol. The van der Waals surface area contributed by atoms with Crippen molar-refractivity contribution in [3.8, 4) is 0 Å². The van der Waals surface area contributed by atoms with Crippen LogP contribution in [-0.2, 0) is 38.7 Å². The molecule has 0 saturated carbocycles. The summed E-state index contributed by atoms with van der Waals surface area (Å²) < 4.78 is 53.9. The summed E-state index contributed by atoms with van der Waals surface area (Å²) in [4.78, 5) is 25.3. The zero-order valence-electron chi connectivity index (χ0n) is 33.3. The number of aliphatic hydroxyl groups is 3. The average molecular weight is 791 g/mol. The van der Waals surface area contributed by atoms with Gasteiger partial charge in [0.25, 0.3) is 10.1 Å². The first-order valence-corrected chi connectivity index (χ1v) is 22.5. The lowest BCUT2D eigenvalue weighted by Crippen LogP contribution is -2.60. The number of aliphatic hydroxyl groups excluding tert-OH is 3. The minimum absolute atomic E-state index is 0.149. The molecule has 1 rings (SSSR count). The monoisotopic (exact) mass is 790 g/mol. The summed E-state index contributed by atoms with van der Waals surface area (Å²) >= 11 is 0. The van der Waals surface area contributed by atoms with Crippen LogP contribution in [-0.4, -0.2) is 96.0 Å². The first-order chi connectivity index (χ1) is 26.0. The quantitative estimate of drug-likeness (QED) is 0.0216. The first-order valence-electron chi connectivity index (χ1n) is 20.9. The lowest BCUT2D eigenvalue weighted by atomic mass is 10.00. The molecule has 1 aliphatic rings. The summed E-state index contributed by atoms with van der Waals surface area (Å²) in [7, 11) is -4.60. The van der Waals surface area contributed by atoms with E-state index in [1.54, 1.807) is 0 Å². The summed E-state index contributed by atoms with van der Waals surface area (Å²) in [6.07, 6.45) is 23.7. The second-order valence-electron chi connectivity index (χ2n) is 14.6. The molecule has 0 radical (unpaired) electrons. The maximum Gasteiger partial charge on any atom is 0.306 e. The molecule has 0 aromatic heterocycles. The Kier molecular flexibility index (Phi) is 29.9. The molecule has 4 N–H and O–H groups in total. The van der Waals surface area contributed by atoms with Gasteiger partial charge in [0.05, 0.1) is 6.61 Å². The Labute approximate surface area is 326 Å². The van der Waals surface area contributed by atoms with Crippen LogP contribution in [0.2, 0.25) is 0 Å². The van der Waals surface area contributed by atoms with Gasteiger partial charge < -0.3 is 34.3 Å². The molecule has 0 spiro atoms. The van der Waals surface area contributed by atoms with Gasteiger partial charge in [0.1, 0.15) is 36.8 Å². The van der Waals surface area contributed by atoms with Crippen LogP contribution in [0, 0.1) is 0 Å². The Bertz CT molecular complexity index is 1110. The second kappa shape index (κ2) is 32.2. The van der Waals surface area contributed by atoms with Crippen LogP contribution in [0.3, 0.4) is 0 Å². The molecule has 1 heterocycles. The fraction of sp³-hybridized carbons (Fsp3) is 0.854. The number of unbranched alkanes of at least 4 members (excludes halogenated alkanes) is 18. The van der Waals surface area contributed by atoms with E-state index in [2.05, 4.69) is 38.2 Å². The third-order valence-electron chi connectivity index (χ3n) is 9.50. The molecule has 1 fully saturated rings. The van der Waals surface area contributed by atoms with Gasteiger partial charge in [-0.05, 0) is 64.2 Å². The zero-order chi connectivity index (χ0) is 39.9. The Balaban J connectivity index is 2.51. The third kappa shape index (κ3) is 26.9. The van der Waals surface area contributed by atoms with Crippen molar-refractivity contribution in [2.45, 2.75) is 205 Å². The molecule has 12 nitrogen and oxygen atoms in total. The van der Waals surface area contributed by atoms with Gasteiger partial charge in [-0.15, -0.1) is 0 Å². The lowest BCUT2D eigenvalue weighted by Gasteiger charge is -2.40. The van der Waals surface area contributed by atoms with E-state index in [0.29, 0.717) is 12.8 Å². The summed E-state index contributed by atoms with van der Waals surface area (Å²) in [5.74, 6) is -2.01. The average Bonchev–Trinajstić information content (AvgIpc) is 3.13. The van der Waals surface area contributed by atoms with Crippen LogP contribution in [0.25, 0.3) is 0 Å². The number of carbonyl (C=O) groups is 2. The number of ether oxygens (including phenoxy) is 4. The Hall–Kier alpha value is -1.87. The van der Waals surface area contributed by atoms with Crippen molar-refractivity contribution in [3.05, 3.63) is 24.3 Å². The highest BCUT2D eigenvalue weighted by Gasteiger charge is 2.46. The number of rotatable bonds is 34. The van der Waals surface area contributed by atoms with Gasteiger partial charge in [-0.2, -0.15) is 8.42 Å². The van der Waals surface area contributed by atoms with Crippen molar-refractivity contribution in [1.82, 2.24) is 0 Å². The number of hydrogen-bond donors (Lipinski definition) is 4. The second-order valence-corrected chi connectivity index (χ2v) is 16.1. The van der Waals surface area contributed by atoms with E-state index in [1.165, 1.54) is 64.2 Å². The predicted octanol–water partition coefficient (Wildman–Crippen LogP) is 7.67. The smallest absolute Gasteiger partial charge is 0.306 e. The fourth-order valence-corrected chi connectivity index (χ4v) is 6.88. The van der Waals surface area contributed by atoms with E-state index in [9.17, 15) is 37.9 Å². The van der Waals surface area contributed by atoms with Gasteiger partial charge in [-0.1, -0.05) is 115 Å². The molecule has 0 aromatic rings. The molecular weight excluding hydrogens is 717 g/mol. The maximum atomic E-state index is 12.7. The van der Waals surface area contributed by atoms with E-state index in [0.717, 1.165) is 64.2 Å². The third-order valence-corrected chi connectivity index (χ3v) is 10.3. The minimum Gasteiger partial charge on any atom is -0.462 e. The number of allylic oxidation sites excluding steroid dienone is 4. The van der Waals surface area contributed by atoms with Crippen LogP contribution >= 0.6 is 0 Å². The highest BCUT2D eigenvalue weighted by Crippen LogP contribution is 2.24. The van der Waals surface area contributed by atoms with E-state index in [1.807, 2.05) is 0 Å². The van der Waals surface area contributed by atoms with E-state index >= 15 is 0 Å². The zero-order valence-corrected chi connectivity index (χ0v) is 34.1. The highest BCUT2D eigenvalue weighted by atomic mass is 32.2. The van der Waals surface area contributed by atoms with Crippen molar-refractivity contribution in [1.29, 1.82) is 0 Å². The van der Waals surface area contributed by atoms with Gasteiger partial charge in [0.2, 0.25) is 0 Å². The molecule has 0 aliphatic carbocycles. The molecule has 54 heavy (non-hydrogen) atoms. The summed E-state index contributed by atoms with van der Waals surface area (Å²) in [6.45, 7) is 3.70. The van der Waals surface area contributed by atoms with Gasteiger partial charge in [-0.25, -0.2) is 0 Å². The number of carbonyl (C=O) groups excluding carboxylic acids is 2. The Morgan fingerprint density at radius 3 is 1.52 bits per heavy atom. The van der Waals surface area contributed by atoms with Gasteiger partial charge in [-0.3, -0.25) is 14.1 Å². The van der Waals surface area contributed by atoms with Crippen LogP contribution in [0.1, 0.15) is 168 Å². The summed E-state index contributed by atoms with van der Waals surface area (Å²) in [6, 6.07) is 0. The lowest BCUT2D eigenvalue weighted by molar-refractivity contribution is -0.297. The van der Waals surface area contributed by atoms with Crippen molar-refractivity contribution < 1.29 is 56.8 Å². The van der Waals surface area contributed by atoms with E-state index < -0.39 is 71.2 Å². The van der Waals surface area contributed by atoms with E-state index in [-0.39, 0.29) is 19.4 Å². The largest absolute Gasteiger partial charge is 0.462 e. The number of esters is 2. The molecule has 1 saturated heterocycles. The molecule has 0 aromatic carbocycles. The SMILES string of the molecule is CCCCCCC/C=C/CCCCCCC(=O)OCC(COC1OC(CS(=O)(=O)O)C(O)C(O)C1O)OC(=O)CCCCCC/C=C/CCCCCCC. The fourth-order valence-electron chi connectivity index (χ4n) is 6.19. The number of hydrogen-bond acceptors (Lipinski definition) is 11. The highest BCUT2D eigenvalue weighted by molar-refractivity contribution is 7.85. The van der Waals surface area contributed by atoms with Crippen molar-refractivity contribution in [2.75, 3.05) is 19.0 Å². The molecule has 13 heteroatoms. The Morgan fingerprint density at radius 1 is 0.611 bits per heavy atom. The molecule has 0 amide bonds. The van der Waals surface area contributed by atoms with Gasteiger partial charge in [0, 0.05) is 12.8 Å². The van der Waals surface area contributed by atoms with Crippen LogP contribution in [0.15, 0.2) is 24.3 Å². The standard InChI is InChI=1S/C41H74O12S/c1-3-5-7-9-11-13-15-17-19-21-23-25-27-29-36(42)50-31-34(32-51-41-40(46)39(45)38(44)35(53-41)33-54(47,48)49)52-37(43)30-28-26-24-22-20-18-16-14-12-10-8-6-4-2/h15-18,34-35,38-41,44-46H,3-14,19-33H2,1-2H3,(H,47,48,49)/b17-15+,18-16+. The minimum atomic E-state index is -4.60. The molecule has 1 aliphatic heterocycles. The maximum absolute atomic E-state index is 12.7. The first kappa shape index (κ1) is 50.1.